The summed E-state index contributed by atoms with van der Waals surface area (Å²) in [5.41, 5.74) is 0.453. The van der Waals surface area contributed by atoms with Gasteiger partial charge in [-0.1, -0.05) is 38.1 Å². The van der Waals surface area contributed by atoms with E-state index in [2.05, 4.69) is 16.6 Å². The van der Waals surface area contributed by atoms with Crippen molar-refractivity contribution in [2.24, 2.45) is 10.9 Å². The molecule has 11 heteroatoms. The Morgan fingerprint density at radius 1 is 1.21 bits per heavy atom. The van der Waals surface area contributed by atoms with Crippen LogP contribution in [0.3, 0.4) is 0 Å². The van der Waals surface area contributed by atoms with Crippen LogP contribution in [-0.2, 0) is 4.79 Å². The molecule has 2 aliphatic rings. The molecule has 1 saturated heterocycles. The van der Waals surface area contributed by atoms with Crippen LogP contribution in [0.4, 0.5) is 10.2 Å². The van der Waals surface area contributed by atoms with E-state index in [0.717, 1.165) is 5.57 Å². The highest BCUT2D eigenvalue weighted by Gasteiger charge is 2.36. The molecule has 9 nitrogen and oxygen atoms in total. The Hall–Kier alpha value is -4.05. The van der Waals surface area contributed by atoms with Crippen LogP contribution in [0.15, 0.2) is 58.4 Å². The predicted molar refractivity (Wildman–Crippen MR) is 164 cm³/mol. The summed E-state index contributed by atoms with van der Waals surface area (Å²) < 4.78 is 16.6. The van der Waals surface area contributed by atoms with Crippen LogP contribution in [-0.4, -0.2) is 67.9 Å². The van der Waals surface area contributed by atoms with E-state index >= 15 is 4.39 Å². The number of dihydropyridines is 1. The Balaban J connectivity index is 1.80. The average Bonchev–Trinajstić information content (AvgIpc) is 2.94. The summed E-state index contributed by atoms with van der Waals surface area (Å²) in [4.78, 5) is 44.3. The van der Waals surface area contributed by atoms with Gasteiger partial charge in [0.25, 0.3) is 0 Å². The van der Waals surface area contributed by atoms with E-state index < -0.39 is 17.5 Å². The van der Waals surface area contributed by atoms with Gasteiger partial charge in [-0.3, -0.25) is 14.4 Å². The number of hydrogen-bond acceptors (Lipinski definition) is 7. The highest BCUT2D eigenvalue weighted by Crippen LogP contribution is 2.40. The third kappa shape index (κ3) is 4.98. The number of piperazine rings is 1. The molecule has 4 atom stereocenters. The maximum Gasteiger partial charge on any atom is 0.351 e. The zero-order chi connectivity index (χ0) is 30.5. The summed E-state index contributed by atoms with van der Waals surface area (Å²) in [7, 11) is 0. The summed E-state index contributed by atoms with van der Waals surface area (Å²) in [6, 6.07) is 4.42. The van der Waals surface area contributed by atoms with Gasteiger partial charge < -0.3 is 14.9 Å². The number of amides is 1. The quantitative estimate of drug-likeness (QED) is 0.410. The van der Waals surface area contributed by atoms with E-state index in [1.165, 1.54) is 28.8 Å². The molecule has 0 saturated carbocycles. The van der Waals surface area contributed by atoms with Crippen molar-refractivity contribution in [2.45, 2.75) is 58.8 Å². The summed E-state index contributed by atoms with van der Waals surface area (Å²) in [6.45, 7) is 14.3. The van der Waals surface area contributed by atoms with Crippen LogP contribution in [0.25, 0.3) is 22.3 Å². The van der Waals surface area contributed by atoms with Crippen LogP contribution in [0.5, 0.6) is 5.75 Å². The van der Waals surface area contributed by atoms with Crippen LogP contribution < -0.4 is 10.6 Å². The van der Waals surface area contributed by atoms with Gasteiger partial charge in [-0.25, -0.2) is 14.2 Å². The van der Waals surface area contributed by atoms with Crippen LogP contribution in [0.1, 0.15) is 40.7 Å². The maximum atomic E-state index is 15.1. The molecule has 1 N–H and O–H groups in total. The first kappa shape index (κ1) is 29.4. The van der Waals surface area contributed by atoms with Crippen molar-refractivity contribution < 1.29 is 14.3 Å². The first-order valence-electron chi connectivity index (χ1n) is 13.9. The number of benzene rings is 1. The molecule has 1 aromatic carbocycles. The number of rotatable bonds is 5. The third-order valence-corrected chi connectivity index (χ3v) is 8.41. The molecule has 2 unspecified atom stereocenters. The minimum absolute atomic E-state index is 0.00919. The van der Waals surface area contributed by atoms with E-state index in [1.807, 2.05) is 45.6 Å². The Bertz CT molecular complexity index is 1680. The number of halogens is 2. The van der Waals surface area contributed by atoms with Crippen molar-refractivity contribution in [2.75, 3.05) is 18.0 Å². The molecule has 0 spiro atoms. The van der Waals surface area contributed by atoms with Gasteiger partial charge in [0.1, 0.15) is 23.0 Å². The highest BCUT2D eigenvalue weighted by molar-refractivity contribution is 6.34. The molecular weight excluding hydrogens is 559 g/mol. The van der Waals surface area contributed by atoms with Gasteiger partial charge in [0.15, 0.2) is 0 Å². The maximum absolute atomic E-state index is 15.1. The lowest BCUT2D eigenvalue weighted by atomic mass is 9.90. The van der Waals surface area contributed by atoms with Gasteiger partial charge in [-0.2, -0.15) is 4.98 Å². The van der Waals surface area contributed by atoms with Gasteiger partial charge >= 0.3 is 5.69 Å². The zero-order valence-corrected chi connectivity index (χ0v) is 25.0. The molecule has 220 valence electrons. The number of aromatic hydroxyl groups is 1. The van der Waals surface area contributed by atoms with Gasteiger partial charge in [0, 0.05) is 31.4 Å². The molecule has 0 bridgehead atoms. The van der Waals surface area contributed by atoms with Crippen molar-refractivity contribution in [1.29, 1.82) is 0 Å². The Labute approximate surface area is 248 Å². The molecule has 0 aliphatic carbocycles. The number of pyridine rings is 1. The molecule has 1 amide bonds. The van der Waals surface area contributed by atoms with E-state index in [0.29, 0.717) is 24.3 Å². The molecule has 2 aromatic heterocycles. The minimum atomic E-state index is -0.698. The molecule has 3 aromatic rings. The number of hydrogen-bond donors (Lipinski definition) is 1. The molecule has 1 fully saturated rings. The van der Waals surface area contributed by atoms with Crippen molar-refractivity contribution in [3.63, 3.8) is 0 Å². The SMILES string of the molecule is C=CC(=O)N1C[C@H](C)N(c2nc(=O)n(C3C(C)=CC=NC3C(C)C)c3nc(-c4c(O)cccc4F)c(Cl)cc23)C[C@H]1C. The van der Waals surface area contributed by atoms with E-state index in [-0.39, 0.29) is 57.6 Å². The van der Waals surface area contributed by atoms with E-state index in [9.17, 15) is 14.7 Å². The topological polar surface area (TPSA) is 104 Å². The summed E-state index contributed by atoms with van der Waals surface area (Å²) in [5.74, 6) is -0.736. The number of nitrogens with zero attached hydrogens (tertiary/aromatic N) is 6. The number of carbonyl (C=O) groups excluding carboxylic acids is 1. The number of allylic oxidation sites excluding steroid dienone is 1. The normalized spacial score (nSPS) is 22.5. The van der Waals surface area contributed by atoms with Crippen LogP contribution in [0, 0.1) is 11.7 Å². The van der Waals surface area contributed by atoms with Gasteiger partial charge in [0.05, 0.1) is 33.7 Å². The summed E-state index contributed by atoms with van der Waals surface area (Å²) in [6.07, 6.45) is 4.89. The van der Waals surface area contributed by atoms with Gasteiger partial charge in [-0.05, 0) is 62.6 Å². The second kappa shape index (κ2) is 11.3. The molecule has 42 heavy (non-hydrogen) atoms. The second-order valence-corrected chi connectivity index (χ2v) is 11.8. The van der Waals surface area contributed by atoms with Crippen molar-refractivity contribution in [3.05, 3.63) is 69.9 Å². The molecule has 0 radical (unpaired) electrons. The van der Waals surface area contributed by atoms with E-state index in [1.54, 1.807) is 17.2 Å². The van der Waals surface area contributed by atoms with E-state index in [4.69, 9.17) is 16.6 Å². The standard InChI is InChI=1S/C31H34ClFN6O3/c1-7-24(41)37-14-19(6)38(15-18(37)5)29-20-13-21(32)27(25-22(33)9-8-10-23(25)40)35-30(20)39(31(42)36-29)28-17(4)11-12-34-26(28)16(2)3/h7-13,16,18-19,26,28,40H,1,14-15H2,2-6H3/t18-,19+,26?,28?/m1/s1. The fourth-order valence-electron chi connectivity index (χ4n) is 5.96. The number of phenolic OH excluding ortho intramolecular Hbond substituents is 1. The van der Waals surface area contributed by atoms with Gasteiger partial charge in [-0.15, -0.1) is 0 Å². The van der Waals surface area contributed by atoms with Crippen molar-refractivity contribution >= 4 is 40.6 Å². The van der Waals surface area contributed by atoms with Gasteiger partial charge in [0.2, 0.25) is 5.91 Å². The number of phenols is 1. The summed E-state index contributed by atoms with van der Waals surface area (Å²) >= 11 is 6.75. The molecule has 2 aliphatic heterocycles. The molecular formula is C31H34ClFN6O3. The Morgan fingerprint density at radius 3 is 2.62 bits per heavy atom. The Kier molecular flexibility index (Phi) is 7.94. The third-order valence-electron chi connectivity index (χ3n) is 8.12. The fraction of sp³-hybridized carbons (Fsp3) is 0.387. The van der Waals surface area contributed by atoms with Crippen LogP contribution in [0.2, 0.25) is 5.02 Å². The number of aromatic nitrogens is 3. The lowest BCUT2D eigenvalue weighted by Crippen LogP contribution is -2.58. The summed E-state index contributed by atoms with van der Waals surface area (Å²) in [5, 5.41) is 11.2. The number of fused-ring (bicyclic) bond motifs is 1. The lowest BCUT2D eigenvalue weighted by Gasteiger charge is -2.44. The average molecular weight is 593 g/mol. The Morgan fingerprint density at radius 2 is 1.95 bits per heavy atom. The number of carbonyl (C=O) groups is 1. The fourth-order valence-corrected chi connectivity index (χ4v) is 6.21. The van der Waals surface area contributed by atoms with Crippen molar-refractivity contribution in [3.8, 4) is 17.0 Å². The predicted octanol–water partition coefficient (Wildman–Crippen LogP) is 5.16. The van der Waals surface area contributed by atoms with Crippen molar-refractivity contribution in [1.82, 2.24) is 19.4 Å². The first-order chi connectivity index (χ1) is 19.9. The highest BCUT2D eigenvalue weighted by atomic mass is 35.5. The monoisotopic (exact) mass is 592 g/mol. The zero-order valence-electron chi connectivity index (χ0n) is 24.3. The second-order valence-electron chi connectivity index (χ2n) is 11.3. The number of anilines is 1. The largest absolute Gasteiger partial charge is 0.507 e. The molecule has 5 rings (SSSR count). The van der Waals surface area contributed by atoms with Crippen LogP contribution >= 0.6 is 11.6 Å². The smallest absolute Gasteiger partial charge is 0.351 e. The molecule has 4 heterocycles. The first-order valence-corrected chi connectivity index (χ1v) is 14.3. The number of aliphatic imine (C=N–C) groups is 1. The lowest BCUT2D eigenvalue weighted by molar-refractivity contribution is -0.128. The minimum Gasteiger partial charge on any atom is -0.507 e.